The smallest absolute Gasteiger partial charge is 0.338 e. The van der Waals surface area contributed by atoms with Crippen LogP contribution in [0.5, 0.6) is 0 Å². The summed E-state index contributed by atoms with van der Waals surface area (Å²) in [5.41, 5.74) is 2.92. The highest BCUT2D eigenvalue weighted by atomic mass is 19.3. The van der Waals surface area contributed by atoms with E-state index >= 15 is 0 Å². The van der Waals surface area contributed by atoms with Crippen LogP contribution in [0.2, 0.25) is 0 Å². The fraction of sp³-hybridized carbons (Fsp3) is 0.444. The normalized spacial score (nSPS) is 17.4. The minimum absolute atomic E-state index is 0.152. The van der Waals surface area contributed by atoms with E-state index in [9.17, 15) is 18.7 Å². The van der Waals surface area contributed by atoms with Crippen molar-refractivity contribution in [1.29, 1.82) is 0 Å². The van der Waals surface area contributed by atoms with Gasteiger partial charge in [-0.3, -0.25) is 4.68 Å². The number of hydrogen-bond acceptors (Lipinski definition) is 3. The predicted octanol–water partition coefficient (Wildman–Crippen LogP) is 3.72. The summed E-state index contributed by atoms with van der Waals surface area (Å²) < 4.78 is 28.9. The van der Waals surface area contributed by atoms with Crippen molar-refractivity contribution in [1.82, 2.24) is 9.78 Å². The van der Waals surface area contributed by atoms with Crippen molar-refractivity contribution in [3.05, 3.63) is 35.7 Å². The molecule has 25 heavy (non-hydrogen) atoms. The molecule has 1 saturated heterocycles. The highest BCUT2D eigenvalue weighted by molar-refractivity contribution is 5.98. The number of nitrogens with zero attached hydrogens (tertiary/aromatic N) is 3. The van der Waals surface area contributed by atoms with Crippen LogP contribution in [0.25, 0.3) is 11.1 Å². The van der Waals surface area contributed by atoms with Gasteiger partial charge in [-0.05, 0) is 30.5 Å². The van der Waals surface area contributed by atoms with Crippen LogP contribution in [0.1, 0.15) is 35.2 Å². The number of aromatic carboxylic acids is 1. The molecule has 2 aromatic rings. The Bertz CT molecular complexity index is 802. The zero-order valence-electron chi connectivity index (χ0n) is 14.3. The lowest BCUT2D eigenvalue weighted by molar-refractivity contribution is -0.0102. The Balaban J connectivity index is 2.03. The molecule has 0 spiro atoms. The van der Waals surface area contributed by atoms with Crippen molar-refractivity contribution in [3.63, 3.8) is 0 Å². The van der Waals surface area contributed by atoms with Crippen molar-refractivity contribution in [2.45, 2.75) is 32.1 Å². The molecule has 1 aromatic carbocycles. The van der Waals surface area contributed by atoms with Gasteiger partial charge in [-0.1, -0.05) is 6.07 Å². The first-order valence-corrected chi connectivity index (χ1v) is 8.27. The number of alkyl halides is 2. The molecule has 0 saturated carbocycles. The zero-order chi connectivity index (χ0) is 18.2. The van der Waals surface area contributed by atoms with Gasteiger partial charge in [0, 0.05) is 44.7 Å². The molecule has 5 nitrogen and oxygen atoms in total. The van der Waals surface area contributed by atoms with E-state index in [0.29, 0.717) is 24.2 Å². The van der Waals surface area contributed by atoms with Crippen molar-refractivity contribution in [2.24, 2.45) is 7.05 Å². The molecule has 0 bridgehead atoms. The second kappa shape index (κ2) is 6.46. The van der Waals surface area contributed by atoms with Gasteiger partial charge in [0.15, 0.2) is 0 Å². The van der Waals surface area contributed by atoms with Crippen LogP contribution in [0.3, 0.4) is 0 Å². The summed E-state index contributed by atoms with van der Waals surface area (Å²) in [6.07, 6.45) is 3.43. The molecular weight excluding hydrogens is 328 g/mol. The van der Waals surface area contributed by atoms with E-state index in [1.54, 1.807) is 35.8 Å². The Kier molecular flexibility index (Phi) is 4.49. The van der Waals surface area contributed by atoms with Gasteiger partial charge >= 0.3 is 5.97 Å². The molecule has 1 aliphatic heterocycles. The molecule has 7 heteroatoms. The maximum Gasteiger partial charge on any atom is 0.338 e. The SMILES string of the molecule is Cc1c(-c2cnn(C)c2)ccc(N2CCCC(F)(F)CC2)c1C(=O)O. The molecule has 3 rings (SSSR count). The average Bonchev–Trinajstić information content (AvgIpc) is 2.87. The van der Waals surface area contributed by atoms with Gasteiger partial charge in [0.1, 0.15) is 0 Å². The first kappa shape index (κ1) is 17.4. The molecule has 1 N–H and O–H groups in total. The summed E-state index contributed by atoms with van der Waals surface area (Å²) in [7, 11) is 1.79. The van der Waals surface area contributed by atoms with Crippen LogP contribution in [0.4, 0.5) is 14.5 Å². The van der Waals surface area contributed by atoms with Crippen molar-refractivity contribution >= 4 is 11.7 Å². The molecule has 0 radical (unpaired) electrons. The van der Waals surface area contributed by atoms with E-state index in [1.807, 2.05) is 12.3 Å². The van der Waals surface area contributed by atoms with Gasteiger partial charge in [-0.25, -0.2) is 13.6 Å². The van der Waals surface area contributed by atoms with Gasteiger partial charge in [-0.15, -0.1) is 0 Å². The maximum atomic E-state index is 13.6. The second-order valence-corrected chi connectivity index (χ2v) is 6.54. The standard InChI is InChI=1S/C18H21F2N3O2/c1-12-14(13-10-21-22(2)11-13)4-5-15(16(12)17(24)25)23-8-3-6-18(19,20)7-9-23/h4-5,10-11H,3,6-9H2,1-2H3,(H,24,25). The van der Waals surface area contributed by atoms with E-state index in [2.05, 4.69) is 5.10 Å². The number of hydrogen-bond donors (Lipinski definition) is 1. The monoisotopic (exact) mass is 349 g/mol. The minimum atomic E-state index is -2.68. The van der Waals surface area contributed by atoms with Gasteiger partial charge in [0.2, 0.25) is 5.92 Å². The highest BCUT2D eigenvalue weighted by Crippen LogP contribution is 2.35. The van der Waals surface area contributed by atoms with E-state index in [4.69, 9.17) is 0 Å². The molecular formula is C18H21F2N3O2. The number of benzene rings is 1. The van der Waals surface area contributed by atoms with Crippen LogP contribution in [0.15, 0.2) is 24.5 Å². The third kappa shape index (κ3) is 3.50. The number of rotatable bonds is 3. The van der Waals surface area contributed by atoms with Crippen molar-refractivity contribution < 1.29 is 18.7 Å². The predicted molar refractivity (Wildman–Crippen MR) is 91.4 cm³/mol. The van der Waals surface area contributed by atoms with E-state index in [1.165, 1.54) is 0 Å². The topological polar surface area (TPSA) is 58.4 Å². The third-order valence-corrected chi connectivity index (χ3v) is 4.73. The summed E-state index contributed by atoms with van der Waals surface area (Å²) in [5.74, 6) is -3.72. The fourth-order valence-corrected chi connectivity index (χ4v) is 3.41. The van der Waals surface area contributed by atoms with Crippen molar-refractivity contribution in [3.8, 4) is 11.1 Å². The minimum Gasteiger partial charge on any atom is -0.478 e. The average molecular weight is 349 g/mol. The first-order chi connectivity index (χ1) is 11.8. The quantitative estimate of drug-likeness (QED) is 0.917. The third-order valence-electron chi connectivity index (χ3n) is 4.73. The Morgan fingerprint density at radius 2 is 2.04 bits per heavy atom. The Hall–Kier alpha value is -2.44. The number of carboxylic acids is 1. The summed E-state index contributed by atoms with van der Waals surface area (Å²) in [6, 6.07) is 3.57. The lowest BCUT2D eigenvalue weighted by Crippen LogP contribution is -2.27. The maximum absolute atomic E-state index is 13.6. The number of carboxylic acid groups (broad SMARTS) is 1. The van der Waals surface area contributed by atoms with E-state index < -0.39 is 11.9 Å². The number of anilines is 1. The molecule has 0 aliphatic carbocycles. The van der Waals surface area contributed by atoms with E-state index in [-0.39, 0.29) is 24.9 Å². The number of halogens is 2. The van der Waals surface area contributed by atoms with Gasteiger partial charge in [0.25, 0.3) is 0 Å². The van der Waals surface area contributed by atoms with Crippen molar-refractivity contribution in [2.75, 3.05) is 18.0 Å². The van der Waals surface area contributed by atoms with Crippen LogP contribution in [-0.4, -0.2) is 39.9 Å². The summed E-state index contributed by atoms with van der Waals surface area (Å²) in [4.78, 5) is 13.7. The number of carbonyl (C=O) groups is 1. The Morgan fingerprint density at radius 1 is 1.28 bits per heavy atom. The molecule has 0 atom stereocenters. The lowest BCUT2D eigenvalue weighted by Gasteiger charge is -2.26. The van der Waals surface area contributed by atoms with Gasteiger partial charge < -0.3 is 10.0 Å². The Labute approximate surface area is 144 Å². The van der Waals surface area contributed by atoms with Crippen LogP contribution in [-0.2, 0) is 7.05 Å². The summed E-state index contributed by atoms with van der Waals surface area (Å²) >= 11 is 0. The molecule has 1 aromatic heterocycles. The van der Waals surface area contributed by atoms with Gasteiger partial charge in [0.05, 0.1) is 17.4 Å². The highest BCUT2D eigenvalue weighted by Gasteiger charge is 2.33. The van der Waals surface area contributed by atoms with E-state index in [0.717, 1.165) is 11.1 Å². The molecule has 0 amide bonds. The lowest BCUT2D eigenvalue weighted by atomic mass is 9.96. The van der Waals surface area contributed by atoms with Crippen LogP contribution >= 0.6 is 0 Å². The Morgan fingerprint density at radius 3 is 2.68 bits per heavy atom. The van der Waals surface area contributed by atoms with Gasteiger partial charge in [-0.2, -0.15) is 5.10 Å². The zero-order valence-corrected chi connectivity index (χ0v) is 14.3. The molecule has 0 unspecified atom stereocenters. The molecule has 1 fully saturated rings. The molecule has 134 valence electrons. The first-order valence-electron chi connectivity index (χ1n) is 8.27. The summed E-state index contributed by atoms with van der Waals surface area (Å²) in [5, 5.41) is 13.9. The van der Waals surface area contributed by atoms with Crippen LogP contribution < -0.4 is 4.90 Å². The fourth-order valence-electron chi connectivity index (χ4n) is 3.41. The number of aromatic nitrogens is 2. The number of aryl methyl sites for hydroxylation is 1. The summed E-state index contributed by atoms with van der Waals surface area (Å²) in [6.45, 7) is 2.34. The largest absolute Gasteiger partial charge is 0.478 e. The molecule has 2 heterocycles. The second-order valence-electron chi connectivity index (χ2n) is 6.54. The molecule has 1 aliphatic rings. The van der Waals surface area contributed by atoms with Crippen LogP contribution in [0, 0.1) is 6.92 Å².